The van der Waals surface area contributed by atoms with E-state index in [0.717, 1.165) is 11.0 Å². The van der Waals surface area contributed by atoms with Crippen LogP contribution in [-0.2, 0) is 13.1 Å². The third-order valence-corrected chi connectivity index (χ3v) is 5.21. The van der Waals surface area contributed by atoms with E-state index in [0.29, 0.717) is 36.8 Å². The van der Waals surface area contributed by atoms with Crippen molar-refractivity contribution in [2.24, 2.45) is 0 Å². The van der Waals surface area contributed by atoms with Crippen LogP contribution < -0.4 is 15.1 Å². The molecule has 5 heteroatoms. The van der Waals surface area contributed by atoms with Gasteiger partial charge in [-0.3, -0.25) is 5.41 Å². The Labute approximate surface area is 170 Å². The Kier molecular flexibility index (Phi) is 5.38. The number of hydrogen-bond donors (Lipinski definition) is 1. The maximum absolute atomic E-state index is 8.80. The molecule has 4 aromatic rings. The summed E-state index contributed by atoms with van der Waals surface area (Å²) in [6, 6.07) is 24.1. The standard InChI is InChI=1S/C24H25N3O2/c1-18-9-3-4-10-19(18)17-27-21-12-6-5-11-20(21)26(24(27)25)15-16-29-23-14-8-7-13-22(23)28-2/h3-14,25H,15-17H2,1-2H3. The molecule has 4 rings (SSSR count). The molecule has 0 amide bonds. The number of rotatable bonds is 7. The molecule has 0 unspecified atom stereocenters. The van der Waals surface area contributed by atoms with E-state index in [1.807, 2.05) is 53.1 Å². The number of aromatic nitrogens is 2. The number of nitrogens with zero attached hydrogens (tertiary/aromatic N) is 2. The van der Waals surface area contributed by atoms with Crippen LogP contribution >= 0.6 is 0 Å². The number of ether oxygens (including phenoxy) is 2. The van der Waals surface area contributed by atoms with Crippen molar-refractivity contribution in [2.75, 3.05) is 13.7 Å². The van der Waals surface area contributed by atoms with Gasteiger partial charge in [0.1, 0.15) is 6.61 Å². The zero-order valence-corrected chi connectivity index (χ0v) is 16.8. The van der Waals surface area contributed by atoms with Gasteiger partial charge < -0.3 is 18.6 Å². The van der Waals surface area contributed by atoms with Gasteiger partial charge in [-0.25, -0.2) is 0 Å². The molecular formula is C24H25N3O2. The van der Waals surface area contributed by atoms with Crippen LogP contribution in [-0.4, -0.2) is 22.9 Å². The summed E-state index contributed by atoms with van der Waals surface area (Å²) >= 11 is 0. The van der Waals surface area contributed by atoms with Crippen molar-refractivity contribution in [3.63, 3.8) is 0 Å². The molecule has 1 aromatic heterocycles. The van der Waals surface area contributed by atoms with Crippen molar-refractivity contribution in [3.05, 3.63) is 89.5 Å². The van der Waals surface area contributed by atoms with Gasteiger partial charge in [0, 0.05) is 0 Å². The SMILES string of the molecule is COc1ccccc1OCCn1c(=N)n(Cc2ccccc2C)c2ccccc21. The van der Waals surface area contributed by atoms with E-state index in [9.17, 15) is 0 Å². The Balaban J connectivity index is 1.62. The molecule has 5 nitrogen and oxygen atoms in total. The lowest BCUT2D eigenvalue weighted by Gasteiger charge is -2.11. The first-order chi connectivity index (χ1) is 14.2. The molecule has 1 N–H and O–H groups in total. The summed E-state index contributed by atoms with van der Waals surface area (Å²) in [6.07, 6.45) is 0. The fourth-order valence-electron chi connectivity index (χ4n) is 3.62. The normalized spacial score (nSPS) is 11.0. The summed E-state index contributed by atoms with van der Waals surface area (Å²) in [5, 5.41) is 8.80. The van der Waals surface area contributed by atoms with E-state index in [1.165, 1.54) is 11.1 Å². The second kappa shape index (κ2) is 8.27. The molecular weight excluding hydrogens is 362 g/mol. The van der Waals surface area contributed by atoms with Crippen molar-refractivity contribution < 1.29 is 9.47 Å². The van der Waals surface area contributed by atoms with Crippen LogP contribution in [0.1, 0.15) is 11.1 Å². The van der Waals surface area contributed by atoms with Crippen molar-refractivity contribution in [1.82, 2.24) is 9.13 Å². The number of hydrogen-bond acceptors (Lipinski definition) is 3. The zero-order valence-electron chi connectivity index (χ0n) is 16.8. The fourth-order valence-corrected chi connectivity index (χ4v) is 3.62. The van der Waals surface area contributed by atoms with Gasteiger partial charge in [0.25, 0.3) is 0 Å². The van der Waals surface area contributed by atoms with Crippen LogP contribution in [0.25, 0.3) is 11.0 Å². The van der Waals surface area contributed by atoms with E-state index in [4.69, 9.17) is 14.9 Å². The molecule has 0 bridgehead atoms. The lowest BCUT2D eigenvalue weighted by Crippen LogP contribution is -2.27. The van der Waals surface area contributed by atoms with Crippen LogP contribution in [0.5, 0.6) is 11.5 Å². The second-order valence-corrected chi connectivity index (χ2v) is 6.98. The molecule has 0 aliphatic carbocycles. The van der Waals surface area contributed by atoms with Crippen LogP contribution in [0.15, 0.2) is 72.8 Å². The third kappa shape index (κ3) is 3.76. The molecule has 0 aliphatic heterocycles. The molecule has 148 valence electrons. The Morgan fingerprint density at radius 1 is 0.793 bits per heavy atom. The predicted octanol–water partition coefficient (Wildman–Crippen LogP) is 4.37. The monoisotopic (exact) mass is 387 g/mol. The van der Waals surface area contributed by atoms with E-state index in [2.05, 4.69) is 35.8 Å². The fraction of sp³-hybridized carbons (Fsp3) is 0.208. The van der Waals surface area contributed by atoms with Crippen LogP contribution in [0.3, 0.4) is 0 Å². The Morgan fingerprint density at radius 2 is 1.41 bits per heavy atom. The number of para-hydroxylation sites is 4. The number of fused-ring (bicyclic) bond motifs is 1. The number of nitrogens with one attached hydrogen (secondary N) is 1. The summed E-state index contributed by atoms with van der Waals surface area (Å²) < 4.78 is 15.4. The molecule has 0 spiro atoms. The molecule has 0 fully saturated rings. The maximum atomic E-state index is 8.80. The van der Waals surface area contributed by atoms with Crippen LogP contribution in [0, 0.1) is 12.3 Å². The molecule has 0 radical (unpaired) electrons. The highest BCUT2D eigenvalue weighted by molar-refractivity contribution is 5.76. The number of imidazole rings is 1. The van der Waals surface area contributed by atoms with E-state index < -0.39 is 0 Å². The van der Waals surface area contributed by atoms with Gasteiger partial charge in [0.2, 0.25) is 5.62 Å². The highest BCUT2D eigenvalue weighted by atomic mass is 16.5. The average Bonchev–Trinajstić information content (AvgIpc) is 3.01. The van der Waals surface area contributed by atoms with Crippen molar-refractivity contribution in [1.29, 1.82) is 5.41 Å². The smallest absolute Gasteiger partial charge is 0.203 e. The first kappa shape index (κ1) is 18.9. The Bertz CT molecular complexity index is 1190. The maximum Gasteiger partial charge on any atom is 0.203 e. The molecule has 29 heavy (non-hydrogen) atoms. The topological polar surface area (TPSA) is 52.2 Å². The van der Waals surface area contributed by atoms with Gasteiger partial charge in [-0.15, -0.1) is 0 Å². The second-order valence-electron chi connectivity index (χ2n) is 6.98. The van der Waals surface area contributed by atoms with Gasteiger partial charge >= 0.3 is 0 Å². The average molecular weight is 387 g/mol. The molecule has 0 saturated heterocycles. The predicted molar refractivity (Wildman–Crippen MR) is 115 cm³/mol. The van der Waals surface area contributed by atoms with Crippen molar-refractivity contribution in [3.8, 4) is 11.5 Å². The van der Waals surface area contributed by atoms with Gasteiger partial charge in [-0.2, -0.15) is 0 Å². The first-order valence-electron chi connectivity index (χ1n) is 9.72. The van der Waals surface area contributed by atoms with Crippen LogP contribution in [0.4, 0.5) is 0 Å². The molecule has 0 saturated carbocycles. The van der Waals surface area contributed by atoms with Gasteiger partial charge in [-0.05, 0) is 42.3 Å². The van der Waals surface area contributed by atoms with Crippen molar-refractivity contribution in [2.45, 2.75) is 20.0 Å². The van der Waals surface area contributed by atoms with Gasteiger partial charge in [-0.1, -0.05) is 48.5 Å². The summed E-state index contributed by atoms with van der Waals surface area (Å²) in [5.41, 5.74) is 5.01. The zero-order chi connectivity index (χ0) is 20.2. The van der Waals surface area contributed by atoms with Gasteiger partial charge in [0.05, 0.1) is 31.2 Å². The minimum Gasteiger partial charge on any atom is -0.493 e. The summed E-state index contributed by atoms with van der Waals surface area (Å²) in [6.45, 7) is 3.82. The first-order valence-corrected chi connectivity index (χ1v) is 9.72. The highest BCUT2D eigenvalue weighted by Gasteiger charge is 2.12. The lowest BCUT2D eigenvalue weighted by atomic mass is 10.1. The molecule has 3 aromatic carbocycles. The molecule has 0 atom stereocenters. The lowest BCUT2D eigenvalue weighted by molar-refractivity contribution is 0.278. The van der Waals surface area contributed by atoms with Crippen LogP contribution in [0.2, 0.25) is 0 Å². The molecule has 0 aliphatic rings. The Morgan fingerprint density at radius 3 is 2.14 bits per heavy atom. The highest BCUT2D eigenvalue weighted by Crippen LogP contribution is 2.25. The minimum absolute atomic E-state index is 0.454. The summed E-state index contributed by atoms with van der Waals surface area (Å²) in [4.78, 5) is 0. The van der Waals surface area contributed by atoms with E-state index >= 15 is 0 Å². The quantitative estimate of drug-likeness (QED) is 0.512. The number of benzene rings is 3. The minimum atomic E-state index is 0.454. The van der Waals surface area contributed by atoms with Gasteiger partial charge in [0.15, 0.2) is 11.5 Å². The summed E-state index contributed by atoms with van der Waals surface area (Å²) in [5.74, 6) is 1.43. The van der Waals surface area contributed by atoms with Crippen molar-refractivity contribution >= 4 is 11.0 Å². The third-order valence-electron chi connectivity index (χ3n) is 5.21. The Hall–Kier alpha value is -3.47. The number of aryl methyl sites for hydroxylation is 1. The van der Waals surface area contributed by atoms with E-state index in [-0.39, 0.29) is 0 Å². The largest absolute Gasteiger partial charge is 0.493 e. The summed E-state index contributed by atoms with van der Waals surface area (Å²) in [7, 11) is 1.64. The van der Waals surface area contributed by atoms with E-state index in [1.54, 1.807) is 7.11 Å². The molecule has 1 heterocycles. The number of methoxy groups -OCH3 is 1.